The average molecular weight is 798 g/mol. The van der Waals surface area contributed by atoms with Crippen LogP contribution >= 0.6 is 0 Å². The Bertz CT molecular complexity index is 2870. The summed E-state index contributed by atoms with van der Waals surface area (Å²) in [6.45, 7) is 4.71. The van der Waals surface area contributed by atoms with Crippen molar-refractivity contribution in [2.45, 2.75) is 44.4 Å². The Hall–Kier alpha value is -7.22. The lowest BCUT2D eigenvalue weighted by Crippen LogP contribution is -2.23. The highest BCUT2D eigenvalue weighted by Crippen LogP contribution is 2.54. The van der Waals surface area contributed by atoms with Crippen LogP contribution < -0.4 is 4.90 Å². The third-order valence-electron chi connectivity index (χ3n) is 13.3. The summed E-state index contributed by atoms with van der Waals surface area (Å²) in [5, 5.41) is 0. The van der Waals surface area contributed by atoms with Crippen LogP contribution in [0.4, 0.5) is 17.1 Å². The highest BCUT2D eigenvalue weighted by molar-refractivity contribution is 5.89. The maximum Gasteiger partial charge on any atom is 0.0465 e. The van der Waals surface area contributed by atoms with Gasteiger partial charge in [0.15, 0.2) is 0 Å². The third kappa shape index (κ3) is 7.24. The second-order valence-electron chi connectivity index (χ2n) is 16.7. The van der Waals surface area contributed by atoms with Gasteiger partial charge in [-0.1, -0.05) is 208 Å². The number of hydrogen-bond acceptors (Lipinski definition) is 1. The van der Waals surface area contributed by atoms with Crippen LogP contribution in [0.15, 0.2) is 218 Å². The van der Waals surface area contributed by atoms with Crippen molar-refractivity contribution < 1.29 is 0 Å². The Morgan fingerprint density at radius 3 is 1.68 bits per heavy atom. The molecule has 2 aliphatic rings. The average Bonchev–Trinajstić information content (AvgIpc) is 3.63. The summed E-state index contributed by atoms with van der Waals surface area (Å²) < 4.78 is 0. The number of para-hydroxylation sites is 2. The quantitative estimate of drug-likeness (QED) is 0.118. The fraction of sp³-hybridized carbons (Fsp3) is 0.115. The van der Waals surface area contributed by atoms with Crippen LogP contribution in [-0.2, 0) is 5.41 Å². The van der Waals surface area contributed by atoms with E-state index >= 15 is 0 Å². The first kappa shape index (κ1) is 38.9. The molecule has 1 unspecified atom stereocenters. The van der Waals surface area contributed by atoms with Crippen molar-refractivity contribution in [3.8, 4) is 44.5 Å². The standard InChI is InChI=1S/C61H51N/c1-3-61(4-2)58-42-45(32-40-56(58)57-41-39-53(43-59(57)61)62(51-22-13-7-14-23-51)52-24-15-8-16-25-52)29-28-44-30-33-50(34-31-44)60-54(48-20-11-6-12-21-48)26-17-27-55(60)49-37-35-47(36-38-49)46-18-9-5-10-19-46/h5-20,22-43,48H,3-4,21H2,1-2H3/b29-28+. The number of allylic oxidation sites excluding steroid dienone is 4. The fourth-order valence-corrected chi connectivity index (χ4v) is 10.0. The summed E-state index contributed by atoms with van der Waals surface area (Å²) in [4.78, 5) is 2.38. The number of rotatable bonds is 11. The van der Waals surface area contributed by atoms with Gasteiger partial charge in [-0.25, -0.2) is 0 Å². The molecule has 2 aliphatic carbocycles. The molecule has 0 saturated heterocycles. The van der Waals surface area contributed by atoms with Crippen molar-refractivity contribution >= 4 is 29.2 Å². The molecule has 0 bridgehead atoms. The van der Waals surface area contributed by atoms with E-state index in [4.69, 9.17) is 0 Å². The Morgan fingerprint density at radius 2 is 1.03 bits per heavy atom. The molecule has 1 atom stereocenters. The van der Waals surface area contributed by atoms with Gasteiger partial charge in [-0.3, -0.25) is 0 Å². The molecule has 0 heterocycles. The van der Waals surface area contributed by atoms with Crippen molar-refractivity contribution in [3.63, 3.8) is 0 Å². The van der Waals surface area contributed by atoms with Gasteiger partial charge in [-0.2, -0.15) is 0 Å². The molecule has 0 spiro atoms. The monoisotopic (exact) mass is 797 g/mol. The second kappa shape index (κ2) is 17.0. The molecule has 1 nitrogen and oxygen atoms in total. The first-order chi connectivity index (χ1) is 30.6. The molecule has 0 N–H and O–H groups in total. The fourth-order valence-electron chi connectivity index (χ4n) is 10.0. The van der Waals surface area contributed by atoms with Gasteiger partial charge in [0.25, 0.3) is 0 Å². The van der Waals surface area contributed by atoms with Gasteiger partial charge in [0.2, 0.25) is 0 Å². The molecular weight excluding hydrogens is 747 g/mol. The normalized spacial score (nSPS) is 14.8. The van der Waals surface area contributed by atoms with E-state index in [2.05, 4.69) is 249 Å². The topological polar surface area (TPSA) is 3.24 Å². The van der Waals surface area contributed by atoms with Crippen LogP contribution in [0.25, 0.3) is 56.7 Å². The van der Waals surface area contributed by atoms with Crippen molar-refractivity contribution in [3.05, 3.63) is 246 Å². The van der Waals surface area contributed by atoms with Crippen LogP contribution in [-0.4, -0.2) is 0 Å². The van der Waals surface area contributed by atoms with E-state index in [1.807, 2.05) is 0 Å². The van der Waals surface area contributed by atoms with Crippen molar-refractivity contribution in [2.75, 3.05) is 4.90 Å². The molecule has 300 valence electrons. The Labute approximate surface area is 367 Å². The van der Waals surface area contributed by atoms with Gasteiger partial charge >= 0.3 is 0 Å². The molecule has 0 fully saturated rings. The summed E-state index contributed by atoms with van der Waals surface area (Å²) >= 11 is 0. The van der Waals surface area contributed by atoms with Gasteiger partial charge in [-0.05, 0) is 128 Å². The highest BCUT2D eigenvalue weighted by Gasteiger charge is 2.41. The van der Waals surface area contributed by atoms with Crippen LogP contribution in [0, 0.1) is 0 Å². The van der Waals surface area contributed by atoms with E-state index < -0.39 is 0 Å². The molecular formula is C61H51N. The Balaban J connectivity index is 0.961. The number of anilines is 3. The van der Waals surface area contributed by atoms with Crippen molar-refractivity contribution in [1.29, 1.82) is 0 Å². The third-order valence-corrected chi connectivity index (χ3v) is 13.3. The van der Waals surface area contributed by atoms with Gasteiger partial charge in [0.1, 0.15) is 0 Å². The first-order valence-corrected chi connectivity index (χ1v) is 22.2. The van der Waals surface area contributed by atoms with Gasteiger partial charge in [0, 0.05) is 28.4 Å². The molecule has 62 heavy (non-hydrogen) atoms. The molecule has 8 aromatic rings. The summed E-state index contributed by atoms with van der Waals surface area (Å²) in [6.07, 6.45) is 16.6. The maximum atomic E-state index is 2.46. The second-order valence-corrected chi connectivity index (χ2v) is 16.7. The van der Waals surface area contributed by atoms with E-state index in [9.17, 15) is 0 Å². The van der Waals surface area contributed by atoms with E-state index in [0.717, 1.165) is 30.6 Å². The molecule has 0 aromatic heterocycles. The molecule has 0 amide bonds. The number of hydrogen-bond donors (Lipinski definition) is 0. The van der Waals surface area contributed by atoms with E-state index in [1.54, 1.807) is 0 Å². The van der Waals surface area contributed by atoms with Crippen LogP contribution in [0.1, 0.15) is 66.8 Å². The molecule has 10 rings (SSSR count). The van der Waals surface area contributed by atoms with Crippen LogP contribution in [0.2, 0.25) is 0 Å². The number of nitrogens with zero attached hydrogens (tertiary/aromatic N) is 1. The molecule has 0 radical (unpaired) electrons. The summed E-state index contributed by atoms with van der Waals surface area (Å²) in [5.74, 6) is 0.334. The van der Waals surface area contributed by atoms with Gasteiger partial charge in [0.05, 0.1) is 0 Å². The SMILES string of the molecule is CCC1(CC)c2cc(/C=C/c3ccc(-c4c(-c5ccc(-c6ccccc6)cc5)cccc4C4C=CC=CC4)cc3)ccc2-c2ccc(N(c3ccccc3)c3ccccc3)cc21. The summed E-state index contributed by atoms with van der Waals surface area (Å²) in [7, 11) is 0. The molecule has 0 aliphatic heterocycles. The lowest BCUT2D eigenvalue weighted by Gasteiger charge is -2.32. The zero-order valence-corrected chi connectivity index (χ0v) is 35.6. The Kier molecular flexibility index (Phi) is 10.7. The van der Waals surface area contributed by atoms with Gasteiger partial charge < -0.3 is 4.90 Å². The van der Waals surface area contributed by atoms with Crippen molar-refractivity contribution in [1.82, 2.24) is 0 Å². The largest absolute Gasteiger partial charge is 0.310 e. The smallest absolute Gasteiger partial charge is 0.0465 e. The minimum Gasteiger partial charge on any atom is -0.310 e. The number of benzene rings is 8. The van der Waals surface area contributed by atoms with Crippen LogP contribution in [0.3, 0.4) is 0 Å². The molecule has 0 saturated carbocycles. The maximum absolute atomic E-state index is 2.46. The summed E-state index contributed by atoms with van der Waals surface area (Å²) in [5.41, 5.74) is 20.3. The minimum atomic E-state index is -0.0680. The van der Waals surface area contributed by atoms with E-state index in [0.29, 0.717) is 5.92 Å². The number of fused-ring (bicyclic) bond motifs is 3. The van der Waals surface area contributed by atoms with Crippen LogP contribution in [0.5, 0.6) is 0 Å². The zero-order valence-electron chi connectivity index (χ0n) is 35.6. The molecule has 8 aromatic carbocycles. The first-order valence-electron chi connectivity index (χ1n) is 22.2. The van der Waals surface area contributed by atoms with Crippen molar-refractivity contribution in [2.24, 2.45) is 0 Å². The minimum absolute atomic E-state index is 0.0680. The van der Waals surface area contributed by atoms with Gasteiger partial charge in [-0.15, -0.1) is 0 Å². The zero-order chi connectivity index (χ0) is 41.9. The Morgan fingerprint density at radius 1 is 0.468 bits per heavy atom. The predicted molar refractivity (Wildman–Crippen MR) is 265 cm³/mol. The molecule has 1 heteroatoms. The summed E-state index contributed by atoms with van der Waals surface area (Å²) in [6, 6.07) is 71.4. The lowest BCUT2D eigenvalue weighted by atomic mass is 9.73. The lowest BCUT2D eigenvalue weighted by molar-refractivity contribution is 0.490. The predicted octanol–water partition coefficient (Wildman–Crippen LogP) is 17.0. The van der Waals surface area contributed by atoms with E-state index in [-0.39, 0.29) is 5.41 Å². The highest BCUT2D eigenvalue weighted by atomic mass is 15.1. The van der Waals surface area contributed by atoms with E-state index in [1.165, 1.54) is 78.0 Å².